The molecule has 1 unspecified atom stereocenters. The van der Waals surface area contributed by atoms with E-state index in [-0.39, 0.29) is 18.0 Å². The number of epoxide rings is 1. The number of benzene rings is 1. The van der Waals surface area contributed by atoms with E-state index in [4.69, 9.17) is 10.8 Å². The quantitative estimate of drug-likeness (QED) is 0.791. The lowest BCUT2D eigenvalue weighted by Gasteiger charge is -2.07. The first-order chi connectivity index (χ1) is 8.43. The van der Waals surface area contributed by atoms with E-state index in [1.165, 1.54) is 0 Å². The molecule has 0 aromatic heterocycles. The van der Waals surface area contributed by atoms with Gasteiger partial charge in [-0.25, -0.2) is 4.79 Å². The zero-order chi connectivity index (χ0) is 13.7. The Balaban J connectivity index is 0.000000187. The number of hydrogen-bond acceptors (Lipinski definition) is 4. The molecule has 5 nitrogen and oxygen atoms in total. The number of rotatable bonds is 3. The van der Waals surface area contributed by atoms with Crippen LogP contribution in [0.4, 0.5) is 0 Å². The summed E-state index contributed by atoms with van der Waals surface area (Å²) < 4.78 is 4.66. The highest BCUT2D eigenvalue weighted by molar-refractivity contribution is 5.88. The van der Waals surface area contributed by atoms with E-state index in [2.05, 4.69) is 4.74 Å². The predicted octanol–water partition coefficient (Wildman–Crippen LogP) is 1.34. The molecule has 1 aromatic carbocycles. The number of ether oxygens (including phenoxy) is 1. The van der Waals surface area contributed by atoms with Gasteiger partial charge in [0.25, 0.3) is 0 Å². The zero-order valence-electron chi connectivity index (χ0n) is 10.4. The summed E-state index contributed by atoms with van der Waals surface area (Å²) in [4.78, 5) is 20.5. The van der Waals surface area contributed by atoms with E-state index in [0.717, 1.165) is 5.56 Å². The van der Waals surface area contributed by atoms with Crippen LogP contribution in [0.15, 0.2) is 30.3 Å². The summed E-state index contributed by atoms with van der Waals surface area (Å²) in [5.74, 6) is -1.03. The molecule has 1 aliphatic rings. The topological polar surface area (TPSA) is 92.9 Å². The van der Waals surface area contributed by atoms with Gasteiger partial charge >= 0.3 is 11.9 Å². The molecule has 2 atom stereocenters. The van der Waals surface area contributed by atoms with Crippen LogP contribution in [0.2, 0.25) is 0 Å². The maximum absolute atomic E-state index is 10.5. The highest BCUT2D eigenvalue weighted by atomic mass is 16.6. The van der Waals surface area contributed by atoms with Gasteiger partial charge in [-0.1, -0.05) is 44.2 Å². The monoisotopic (exact) mass is 251 g/mol. The normalized spacial score (nSPS) is 18.4. The Hall–Kier alpha value is -1.88. The molecular formula is C13H17NO4. The van der Waals surface area contributed by atoms with E-state index in [1.54, 1.807) is 13.8 Å². The zero-order valence-corrected chi connectivity index (χ0v) is 10.4. The van der Waals surface area contributed by atoms with Gasteiger partial charge in [-0.3, -0.25) is 4.79 Å². The van der Waals surface area contributed by atoms with Crippen LogP contribution in [0.3, 0.4) is 0 Å². The molecule has 98 valence electrons. The molecule has 0 amide bonds. The standard InChI is InChI=1S/C8H6O2.C5H11NO2/c9-8-7(10-8)6-4-2-1-3-5-6;1-3(2)4(6)5(7)8/h1-5,7H;3-4H,6H2,1-2H3,(H,7,8)/t;4-/m.0/s1. The Morgan fingerprint density at radius 2 is 1.83 bits per heavy atom. The molecule has 0 spiro atoms. The second-order valence-electron chi connectivity index (χ2n) is 4.34. The number of hydrogen-bond donors (Lipinski definition) is 2. The molecule has 1 saturated heterocycles. The lowest BCUT2D eigenvalue weighted by Crippen LogP contribution is -2.34. The van der Waals surface area contributed by atoms with Crippen molar-refractivity contribution in [1.29, 1.82) is 0 Å². The average Bonchev–Trinajstić information content (AvgIpc) is 3.07. The molecule has 1 fully saturated rings. The molecule has 18 heavy (non-hydrogen) atoms. The van der Waals surface area contributed by atoms with Crippen molar-refractivity contribution < 1.29 is 19.4 Å². The minimum absolute atomic E-state index is 0.0208. The summed E-state index contributed by atoms with van der Waals surface area (Å²) in [7, 11) is 0. The van der Waals surface area contributed by atoms with Crippen molar-refractivity contribution in [3.8, 4) is 0 Å². The van der Waals surface area contributed by atoms with Gasteiger partial charge in [-0.15, -0.1) is 0 Å². The minimum Gasteiger partial charge on any atom is -0.480 e. The van der Waals surface area contributed by atoms with Crippen molar-refractivity contribution in [2.45, 2.75) is 26.0 Å². The molecule has 1 aromatic rings. The largest absolute Gasteiger partial charge is 0.480 e. The third-order valence-corrected chi connectivity index (χ3v) is 2.50. The summed E-state index contributed by atoms with van der Waals surface area (Å²) in [6.45, 7) is 3.55. The molecule has 1 aliphatic heterocycles. The number of carbonyl (C=O) groups is 2. The van der Waals surface area contributed by atoms with Gasteiger partial charge < -0.3 is 15.6 Å². The van der Waals surface area contributed by atoms with Crippen LogP contribution < -0.4 is 5.73 Å². The van der Waals surface area contributed by atoms with Crippen LogP contribution >= 0.6 is 0 Å². The van der Waals surface area contributed by atoms with Crippen LogP contribution in [-0.4, -0.2) is 23.1 Å². The first-order valence-corrected chi connectivity index (χ1v) is 5.67. The molecule has 3 N–H and O–H groups in total. The van der Waals surface area contributed by atoms with Crippen molar-refractivity contribution in [3.05, 3.63) is 35.9 Å². The summed E-state index contributed by atoms with van der Waals surface area (Å²) in [5, 5.41) is 8.23. The first-order valence-electron chi connectivity index (χ1n) is 5.67. The molecule has 0 saturated carbocycles. The minimum atomic E-state index is -0.931. The fourth-order valence-electron chi connectivity index (χ4n) is 1.20. The molecule has 1 heterocycles. The van der Waals surface area contributed by atoms with Gasteiger partial charge in [0.05, 0.1) is 0 Å². The molecule has 0 radical (unpaired) electrons. The maximum atomic E-state index is 10.5. The van der Waals surface area contributed by atoms with E-state index in [1.807, 2.05) is 30.3 Å². The highest BCUT2D eigenvalue weighted by Crippen LogP contribution is 2.30. The molecule has 2 rings (SSSR count). The van der Waals surface area contributed by atoms with Crippen LogP contribution in [-0.2, 0) is 14.3 Å². The number of carboxylic acid groups (broad SMARTS) is 1. The van der Waals surface area contributed by atoms with Gasteiger partial charge in [0.1, 0.15) is 6.04 Å². The van der Waals surface area contributed by atoms with Crippen molar-refractivity contribution in [2.24, 2.45) is 11.7 Å². The van der Waals surface area contributed by atoms with Gasteiger partial charge in [0.15, 0.2) is 0 Å². The summed E-state index contributed by atoms with van der Waals surface area (Å²) in [6.07, 6.45) is -0.263. The van der Waals surface area contributed by atoms with Crippen molar-refractivity contribution in [3.63, 3.8) is 0 Å². The first kappa shape index (κ1) is 14.2. The number of carboxylic acids is 1. The smallest absolute Gasteiger partial charge is 0.353 e. The molecule has 0 aliphatic carbocycles. The van der Waals surface area contributed by atoms with Crippen molar-refractivity contribution in [2.75, 3.05) is 0 Å². The van der Waals surface area contributed by atoms with Gasteiger partial charge in [0, 0.05) is 5.56 Å². The molecular weight excluding hydrogens is 234 g/mol. The predicted molar refractivity (Wildman–Crippen MR) is 65.7 cm³/mol. The summed E-state index contributed by atoms with van der Waals surface area (Å²) in [5.41, 5.74) is 6.11. The van der Waals surface area contributed by atoms with Crippen LogP contribution in [0, 0.1) is 5.92 Å². The van der Waals surface area contributed by atoms with Crippen LogP contribution in [0.1, 0.15) is 25.5 Å². The lowest BCUT2D eigenvalue weighted by atomic mass is 10.1. The lowest BCUT2D eigenvalue weighted by molar-refractivity contribution is -0.139. The Bertz CT molecular complexity index is 416. The maximum Gasteiger partial charge on any atom is 0.353 e. The highest BCUT2D eigenvalue weighted by Gasteiger charge is 2.39. The molecule has 5 heteroatoms. The average molecular weight is 251 g/mol. The van der Waals surface area contributed by atoms with Gasteiger partial charge in [-0.05, 0) is 5.92 Å². The number of carbonyl (C=O) groups excluding carboxylic acids is 1. The van der Waals surface area contributed by atoms with Crippen molar-refractivity contribution in [1.82, 2.24) is 0 Å². The third-order valence-electron chi connectivity index (χ3n) is 2.50. The number of cyclic esters (lactones) is 1. The van der Waals surface area contributed by atoms with E-state index in [9.17, 15) is 9.59 Å². The van der Waals surface area contributed by atoms with E-state index < -0.39 is 12.0 Å². The number of nitrogens with two attached hydrogens (primary N) is 1. The Morgan fingerprint density at radius 1 is 1.33 bits per heavy atom. The Labute approximate surface area is 106 Å². The van der Waals surface area contributed by atoms with E-state index in [0.29, 0.717) is 0 Å². The fourth-order valence-corrected chi connectivity index (χ4v) is 1.20. The third kappa shape index (κ3) is 4.18. The van der Waals surface area contributed by atoms with Crippen LogP contribution in [0.5, 0.6) is 0 Å². The van der Waals surface area contributed by atoms with E-state index >= 15 is 0 Å². The fraction of sp³-hybridized carbons (Fsp3) is 0.385. The summed E-state index contributed by atoms with van der Waals surface area (Å²) >= 11 is 0. The second-order valence-corrected chi connectivity index (χ2v) is 4.34. The van der Waals surface area contributed by atoms with Gasteiger partial charge in [-0.2, -0.15) is 0 Å². The number of aliphatic carboxylic acids is 1. The summed E-state index contributed by atoms with van der Waals surface area (Å²) in [6, 6.07) is 8.76. The molecule has 0 bridgehead atoms. The Morgan fingerprint density at radius 3 is 2.11 bits per heavy atom. The Kier molecular flexibility index (Phi) is 4.85. The van der Waals surface area contributed by atoms with Crippen molar-refractivity contribution >= 4 is 11.9 Å². The SMILES string of the molecule is CC(C)[C@H](N)C(=O)O.O=C1OC1c1ccccc1. The van der Waals surface area contributed by atoms with Crippen LogP contribution in [0.25, 0.3) is 0 Å². The van der Waals surface area contributed by atoms with Gasteiger partial charge in [0.2, 0.25) is 6.10 Å². The second kappa shape index (κ2) is 6.16.